The number of nitrogens with one attached hydrogen (secondary N) is 1. The van der Waals surface area contributed by atoms with Crippen LogP contribution in [0.3, 0.4) is 0 Å². The van der Waals surface area contributed by atoms with E-state index in [1.165, 1.54) is 25.3 Å². The maximum absolute atomic E-state index is 13.2. The van der Waals surface area contributed by atoms with Crippen molar-refractivity contribution in [1.82, 2.24) is 5.32 Å². The first-order valence-electron chi connectivity index (χ1n) is 7.45. The van der Waals surface area contributed by atoms with Crippen molar-refractivity contribution in [3.8, 4) is 0 Å². The van der Waals surface area contributed by atoms with Gasteiger partial charge in [-0.15, -0.1) is 0 Å². The monoisotopic (exact) mass is 383 g/mol. The standard InChI is InChI=1S/C18H16Cl2FNO3/c1-25-18(24)16(10-13-14(19)6-3-7-15(13)20)22-17(23)9-11-4-2-5-12(21)8-11/h2-8,16H,9-10H2,1H3,(H,22,23)/t16-/m0/s1. The lowest BCUT2D eigenvalue weighted by molar-refractivity contribution is -0.145. The van der Waals surface area contributed by atoms with Crippen LogP contribution in [0, 0.1) is 5.82 Å². The molecule has 0 aliphatic rings. The molecule has 0 saturated heterocycles. The Morgan fingerprint density at radius 2 is 1.80 bits per heavy atom. The summed E-state index contributed by atoms with van der Waals surface area (Å²) < 4.78 is 17.9. The number of methoxy groups -OCH3 is 1. The molecule has 25 heavy (non-hydrogen) atoms. The van der Waals surface area contributed by atoms with Crippen LogP contribution in [0.2, 0.25) is 10.0 Å². The van der Waals surface area contributed by atoms with Crippen molar-refractivity contribution in [2.24, 2.45) is 0 Å². The first-order valence-corrected chi connectivity index (χ1v) is 8.21. The van der Waals surface area contributed by atoms with Gasteiger partial charge in [-0.25, -0.2) is 9.18 Å². The van der Waals surface area contributed by atoms with Crippen LogP contribution < -0.4 is 5.32 Å². The van der Waals surface area contributed by atoms with E-state index in [-0.39, 0.29) is 12.8 Å². The van der Waals surface area contributed by atoms with E-state index in [0.29, 0.717) is 21.2 Å². The molecule has 0 bridgehead atoms. The van der Waals surface area contributed by atoms with Gasteiger partial charge in [0, 0.05) is 16.5 Å². The number of hydrogen-bond acceptors (Lipinski definition) is 3. The van der Waals surface area contributed by atoms with Crippen LogP contribution >= 0.6 is 23.2 Å². The minimum atomic E-state index is -0.955. The van der Waals surface area contributed by atoms with Crippen molar-refractivity contribution in [3.05, 3.63) is 69.5 Å². The number of amides is 1. The SMILES string of the molecule is COC(=O)[C@H](Cc1c(Cl)cccc1Cl)NC(=O)Cc1cccc(F)c1. The second-order valence-electron chi connectivity index (χ2n) is 5.35. The first-order chi connectivity index (χ1) is 11.9. The molecule has 0 saturated carbocycles. The van der Waals surface area contributed by atoms with E-state index in [1.54, 1.807) is 24.3 Å². The Labute approximate surface area is 154 Å². The molecule has 1 amide bonds. The Hall–Kier alpha value is -2.11. The number of ether oxygens (including phenoxy) is 1. The Morgan fingerprint density at radius 1 is 1.16 bits per heavy atom. The lowest BCUT2D eigenvalue weighted by Gasteiger charge is -2.18. The van der Waals surface area contributed by atoms with Gasteiger partial charge < -0.3 is 10.1 Å². The summed E-state index contributed by atoms with van der Waals surface area (Å²) >= 11 is 12.2. The Kier molecular flexibility index (Phi) is 6.79. The van der Waals surface area contributed by atoms with Crippen molar-refractivity contribution < 1.29 is 18.7 Å². The maximum Gasteiger partial charge on any atom is 0.328 e. The molecule has 2 rings (SSSR count). The zero-order valence-electron chi connectivity index (χ0n) is 13.4. The Balaban J connectivity index is 2.12. The van der Waals surface area contributed by atoms with Crippen LogP contribution in [0.1, 0.15) is 11.1 Å². The van der Waals surface area contributed by atoms with Gasteiger partial charge in [-0.05, 0) is 35.4 Å². The fourth-order valence-electron chi connectivity index (χ4n) is 2.34. The van der Waals surface area contributed by atoms with Crippen LogP contribution in [-0.4, -0.2) is 25.0 Å². The molecule has 132 valence electrons. The van der Waals surface area contributed by atoms with E-state index in [0.717, 1.165) is 0 Å². The van der Waals surface area contributed by atoms with Crippen LogP contribution in [-0.2, 0) is 27.2 Å². The van der Waals surface area contributed by atoms with Crippen molar-refractivity contribution >= 4 is 35.1 Å². The van der Waals surface area contributed by atoms with Crippen molar-refractivity contribution in [2.75, 3.05) is 7.11 Å². The summed E-state index contributed by atoms with van der Waals surface area (Å²) in [4.78, 5) is 24.2. The number of carbonyl (C=O) groups excluding carboxylic acids is 2. The normalized spacial score (nSPS) is 11.7. The molecule has 0 fully saturated rings. The molecule has 2 aromatic rings. The molecule has 0 unspecified atom stereocenters. The van der Waals surface area contributed by atoms with Crippen LogP contribution in [0.25, 0.3) is 0 Å². The van der Waals surface area contributed by atoms with Gasteiger partial charge in [0.15, 0.2) is 0 Å². The lowest BCUT2D eigenvalue weighted by Crippen LogP contribution is -2.43. The highest BCUT2D eigenvalue weighted by atomic mass is 35.5. The van der Waals surface area contributed by atoms with Crippen LogP contribution in [0.5, 0.6) is 0 Å². The predicted octanol–water partition coefficient (Wildman–Crippen LogP) is 3.58. The van der Waals surface area contributed by atoms with Gasteiger partial charge in [-0.1, -0.05) is 41.4 Å². The summed E-state index contributed by atoms with van der Waals surface area (Å²) in [5, 5.41) is 3.36. The topological polar surface area (TPSA) is 55.4 Å². The summed E-state index contributed by atoms with van der Waals surface area (Å²) in [7, 11) is 1.22. The number of esters is 1. The Morgan fingerprint density at radius 3 is 2.40 bits per heavy atom. The van der Waals surface area contributed by atoms with Gasteiger partial charge in [0.05, 0.1) is 13.5 Å². The molecule has 1 N–H and O–H groups in total. The average molecular weight is 384 g/mol. The Bertz CT molecular complexity index is 762. The molecule has 4 nitrogen and oxygen atoms in total. The largest absolute Gasteiger partial charge is 0.467 e. The zero-order valence-corrected chi connectivity index (χ0v) is 14.9. The second-order valence-corrected chi connectivity index (χ2v) is 6.17. The van der Waals surface area contributed by atoms with Crippen molar-refractivity contribution in [3.63, 3.8) is 0 Å². The molecule has 0 aliphatic heterocycles. The van der Waals surface area contributed by atoms with Crippen LogP contribution in [0.15, 0.2) is 42.5 Å². The molecular weight excluding hydrogens is 368 g/mol. The fourth-order valence-corrected chi connectivity index (χ4v) is 2.90. The summed E-state index contributed by atoms with van der Waals surface area (Å²) in [6, 6.07) is 9.71. The third kappa shape index (κ3) is 5.44. The zero-order chi connectivity index (χ0) is 18.4. The van der Waals surface area contributed by atoms with Crippen LogP contribution in [0.4, 0.5) is 4.39 Å². The second kappa shape index (κ2) is 8.83. The fraction of sp³-hybridized carbons (Fsp3) is 0.222. The predicted molar refractivity (Wildman–Crippen MR) is 94.2 cm³/mol. The lowest BCUT2D eigenvalue weighted by atomic mass is 10.0. The molecular formula is C18H16Cl2FNO3. The summed E-state index contributed by atoms with van der Waals surface area (Å²) in [6.45, 7) is 0. The van der Waals surface area contributed by atoms with E-state index in [2.05, 4.69) is 5.32 Å². The van der Waals surface area contributed by atoms with E-state index in [4.69, 9.17) is 27.9 Å². The first kappa shape index (κ1) is 19.2. The molecule has 0 spiro atoms. The molecule has 2 aromatic carbocycles. The highest BCUT2D eigenvalue weighted by Crippen LogP contribution is 2.25. The van der Waals surface area contributed by atoms with E-state index in [9.17, 15) is 14.0 Å². The molecule has 0 radical (unpaired) electrons. The number of hydrogen-bond donors (Lipinski definition) is 1. The van der Waals surface area contributed by atoms with Gasteiger partial charge in [-0.2, -0.15) is 0 Å². The third-order valence-corrected chi connectivity index (χ3v) is 4.25. The third-order valence-electron chi connectivity index (χ3n) is 3.54. The van der Waals surface area contributed by atoms with Crippen molar-refractivity contribution in [2.45, 2.75) is 18.9 Å². The van der Waals surface area contributed by atoms with Crippen molar-refractivity contribution in [1.29, 1.82) is 0 Å². The highest BCUT2D eigenvalue weighted by Gasteiger charge is 2.24. The maximum atomic E-state index is 13.2. The van der Waals surface area contributed by atoms with E-state index < -0.39 is 23.7 Å². The minimum Gasteiger partial charge on any atom is -0.467 e. The molecule has 1 atom stereocenters. The summed E-state index contributed by atoms with van der Waals surface area (Å²) in [5.74, 6) is -1.49. The number of rotatable bonds is 6. The highest BCUT2D eigenvalue weighted by molar-refractivity contribution is 6.36. The molecule has 0 heterocycles. The summed E-state index contributed by atoms with van der Waals surface area (Å²) in [6.07, 6.45) is 0.0155. The molecule has 0 aromatic heterocycles. The minimum absolute atomic E-state index is 0.0679. The van der Waals surface area contributed by atoms with Gasteiger partial charge in [-0.3, -0.25) is 4.79 Å². The molecule has 7 heteroatoms. The number of benzene rings is 2. The van der Waals surface area contributed by atoms with E-state index in [1.807, 2.05) is 0 Å². The van der Waals surface area contributed by atoms with E-state index >= 15 is 0 Å². The molecule has 0 aliphatic carbocycles. The van der Waals surface area contributed by atoms with Gasteiger partial charge in [0.1, 0.15) is 11.9 Å². The van der Waals surface area contributed by atoms with Gasteiger partial charge in [0.2, 0.25) is 5.91 Å². The number of halogens is 3. The summed E-state index contributed by atoms with van der Waals surface area (Å²) in [5.41, 5.74) is 1.03. The van der Waals surface area contributed by atoms with Gasteiger partial charge >= 0.3 is 5.97 Å². The quantitative estimate of drug-likeness (QED) is 0.775. The average Bonchev–Trinajstić information content (AvgIpc) is 2.56. The number of carbonyl (C=O) groups is 2. The van der Waals surface area contributed by atoms with Gasteiger partial charge in [0.25, 0.3) is 0 Å². The smallest absolute Gasteiger partial charge is 0.328 e.